The van der Waals surface area contributed by atoms with Crippen molar-refractivity contribution in [2.24, 2.45) is 0 Å². The largest absolute Gasteiger partial charge is 0.473 e. The van der Waals surface area contributed by atoms with E-state index in [1.165, 1.54) is 0 Å². The van der Waals surface area contributed by atoms with E-state index in [-0.39, 0.29) is 32.7 Å². The SMILES string of the molecule is [CH2-]NCC.[Y].[c-]1ccccc1. The van der Waals surface area contributed by atoms with Gasteiger partial charge in [0, 0.05) is 32.7 Å². The van der Waals surface area contributed by atoms with Gasteiger partial charge in [0.15, 0.2) is 0 Å². The van der Waals surface area contributed by atoms with Gasteiger partial charge in [0.25, 0.3) is 0 Å². The zero-order valence-corrected chi connectivity index (χ0v) is 9.72. The molecule has 0 saturated carbocycles. The van der Waals surface area contributed by atoms with E-state index in [4.69, 9.17) is 0 Å². The van der Waals surface area contributed by atoms with Gasteiger partial charge in [-0.3, -0.25) is 7.05 Å². The molecule has 1 N–H and O–H groups in total. The maximum Gasteiger partial charge on any atom is 0 e. The van der Waals surface area contributed by atoms with Gasteiger partial charge in [-0.05, 0) is 6.54 Å². The van der Waals surface area contributed by atoms with E-state index < -0.39 is 0 Å². The summed E-state index contributed by atoms with van der Waals surface area (Å²) >= 11 is 0. The molecule has 11 heavy (non-hydrogen) atoms. The number of nitrogens with one attached hydrogen (secondary N) is 1. The van der Waals surface area contributed by atoms with Crippen molar-refractivity contribution in [1.29, 1.82) is 0 Å². The van der Waals surface area contributed by atoms with Gasteiger partial charge < -0.3 is 5.32 Å². The molecule has 0 saturated heterocycles. The Labute approximate surface area is 94.5 Å². The van der Waals surface area contributed by atoms with Crippen molar-refractivity contribution in [3.8, 4) is 0 Å². The van der Waals surface area contributed by atoms with Crippen LogP contribution in [0, 0.1) is 13.1 Å². The van der Waals surface area contributed by atoms with Crippen molar-refractivity contribution < 1.29 is 32.7 Å². The first kappa shape index (κ1) is 13.8. The minimum atomic E-state index is 0. The summed E-state index contributed by atoms with van der Waals surface area (Å²) < 4.78 is 0. The van der Waals surface area contributed by atoms with Gasteiger partial charge in [-0.15, -0.1) is 0 Å². The minimum Gasteiger partial charge on any atom is -0.473 e. The third-order valence-electron chi connectivity index (χ3n) is 0.857. The van der Waals surface area contributed by atoms with E-state index in [1.807, 2.05) is 37.3 Å². The number of hydrogen-bond donors (Lipinski definition) is 1. The van der Waals surface area contributed by atoms with Crippen LogP contribution in [0.1, 0.15) is 6.92 Å². The van der Waals surface area contributed by atoms with Crippen LogP contribution in [0.3, 0.4) is 0 Å². The third-order valence-corrected chi connectivity index (χ3v) is 0.857. The fourth-order valence-corrected chi connectivity index (χ4v) is 0.342. The maximum absolute atomic E-state index is 3.35. The van der Waals surface area contributed by atoms with Gasteiger partial charge in [0.1, 0.15) is 0 Å². The first-order valence-corrected chi connectivity index (χ1v) is 3.32. The Morgan fingerprint density at radius 2 is 1.73 bits per heavy atom. The smallest absolute Gasteiger partial charge is 0 e. The zero-order valence-electron chi connectivity index (χ0n) is 6.88. The molecule has 0 fully saturated rings. The van der Waals surface area contributed by atoms with Gasteiger partial charge in [-0.25, -0.2) is 0 Å². The first-order valence-electron chi connectivity index (χ1n) is 3.32. The van der Waals surface area contributed by atoms with Crippen LogP contribution in [0.15, 0.2) is 30.3 Å². The molecule has 1 rings (SSSR count). The molecule has 0 bridgehead atoms. The predicted octanol–water partition coefficient (Wildman–Crippen LogP) is 1.87. The molecule has 1 aromatic carbocycles. The normalized spacial score (nSPS) is 7.09. The zero-order chi connectivity index (χ0) is 7.66. The quantitative estimate of drug-likeness (QED) is 0.718. The Morgan fingerprint density at radius 1 is 1.27 bits per heavy atom. The maximum atomic E-state index is 3.35. The fraction of sp³-hybridized carbons (Fsp3) is 0.222. The van der Waals surface area contributed by atoms with Crippen molar-refractivity contribution in [3.63, 3.8) is 0 Å². The molecular formula is C9H13NY-2. The van der Waals surface area contributed by atoms with Gasteiger partial charge in [-0.2, -0.15) is 36.4 Å². The summed E-state index contributed by atoms with van der Waals surface area (Å²) in [5.41, 5.74) is 0. The second-order valence-corrected chi connectivity index (χ2v) is 1.68. The molecule has 1 aromatic rings. The van der Waals surface area contributed by atoms with Crippen LogP contribution in [0.25, 0.3) is 0 Å². The van der Waals surface area contributed by atoms with Gasteiger partial charge in [0.05, 0.1) is 0 Å². The molecule has 0 atom stereocenters. The van der Waals surface area contributed by atoms with Crippen LogP contribution in [0.2, 0.25) is 0 Å². The molecule has 1 radical (unpaired) electrons. The van der Waals surface area contributed by atoms with Crippen molar-refractivity contribution in [1.82, 2.24) is 5.32 Å². The standard InChI is InChI=1S/C6H5.C3H8N.Y/c1-2-4-6-5-3-1;1-3-4-2;/h1-5H;4H,2-3H2,1H3;/q2*-1;. The van der Waals surface area contributed by atoms with Crippen LogP contribution >= 0.6 is 0 Å². The van der Waals surface area contributed by atoms with Crippen molar-refractivity contribution in [3.05, 3.63) is 43.4 Å². The molecule has 59 valence electrons. The van der Waals surface area contributed by atoms with Crippen molar-refractivity contribution in [2.75, 3.05) is 6.54 Å². The molecule has 1 nitrogen and oxygen atoms in total. The van der Waals surface area contributed by atoms with Crippen LogP contribution in [-0.2, 0) is 32.7 Å². The summed E-state index contributed by atoms with van der Waals surface area (Å²) in [5, 5.41) is 2.68. The van der Waals surface area contributed by atoms with Crippen LogP contribution in [-0.4, -0.2) is 6.54 Å². The van der Waals surface area contributed by atoms with E-state index in [1.54, 1.807) is 0 Å². The molecule has 0 aliphatic rings. The molecular weight excluding hydrogens is 211 g/mol. The summed E-state index contributed by atoms with van der Waals surface area (Å²) in [4.78, 5) is 0. The average molecular weight is 224 g/mol. The molecule has 0 aromatic heterocycles. The number of benzene rings is 1. The Hall–Kier alpha value is 0.284. The molecule has 2 heteroatoms. The van der Waals surface area contributed by atoms with Crippen LogP contribution in [0.4, 0.5) is 0 Å². The second kappa shape index (κ2) is 12.9. The summed E-state index contributed by atoms with van der Waals surface area (Å²) in [6, 6.07) is 12.5. The first-order chi connectivity index (χ1) is 4.91. The van der Waals surface area contributed by atoms with E-state index in [0.717, 1.165) is 6.54 Å². The number of rotatable bonds is 1. The van der Waals surface area contributed by atoms with E-state index >= 15 is 0 Å². The average Bonchev–Trinajstić information content (AvgIpc) is 2.08. The van der Waals surface area contributed by atoms with Gasteiger partial charge in [-0.1, -0.05) is 6.92 Å². The fourth-order valence-electron chi connectivity index (χ4n) is 0.342. The Bertz CT molecular complexity index is 102. The Balaban J connectivity index is 0. The molecule has 0 spiro atoms. The third kappa shape index (κ3) is 13.3. The molecule has 0 unspecified atom stereocenters. The van der Waals surface area contributed by atoms with E-state index in [2.05, 4.69) is 18.4 Å². The molecule has 0 aliphatic carbocycles. The molecule has 0 amide bonds. The van der Waals surface area contributed by atoms with Crippen molar-refractivity contribution in [2.45, 2.75) is 6.92 Å². The van der Waals surface area contributed by atoms with Crippen LogP contribution in [0.5, 0.6) is 0 Å². The topological polar surface area (TPSA) is 12.0 Å². The van der Waals surface area contributed by atoms with E-state index in [0.29, 0.717) is 0 Å². The molecule has 0 heterocycles. The van der Waals surface area contributed by atoms with Gasteiger partial charge >= 0.3 is 0 Å². The summed E-state index contributed by atoms with van der Waals surface area (Å²) in [7, 11) is 3.35. The number of hydrogen-bond acceptors (Lipinski definition) is 1. The van der Waals surface area contributed by atoms with Crippen molar-refractivity contribution >= 4 is 0 Å². The Morgan fingerprint density at radius 3 is 1.82 bits per heavy atom. The monoisotopic (exact) mass is 224 g/mol. The summed E-state index contributed by atoms with van der Waals surface area (Å²) in [6.45, 7) is 2.97. The van der Waals surface area contributed by atoms with Gasteiger partial charge in [0.2, 0.25) is 0 Å². The second-order valence-electron chi connectivity index (χ2n) is 1.68. The predicted molar refractivity (Wildman–Crippen MR) is 44.3 cm³/mol. The minimum absolute atomic E-state index is 0. The molecule has 0 aliphatic heterocycles. The summed E-state index contributed by atoms with van der Waals surface area (Å²) in [5.74, 6) is 0. The van der Waals surface area contributed by atoms with E-state index in [9.17, 15) is 0 Å². The van der Waals surface area contributed by atoms with Crippen LogP contribution < -0.4 is 5.32 Å². The Kier molecular flexibility index (Phi) is 16.3. The summed E-state index contributed by atoms with van der Waals surface area (Å²) in [6.07, 6.45) is 0.